The molecular formula is C14H17N7O4S. The Balaban J connectivity index is 2.43. The van der Waals surface area contributed by atoms with E-state index in [2.05, 4.69) is 25.3 Å². The molecule has 0 radical (unpaired) electrons. The van der Waals surface area contributed by atoms with Crippen LogP contribution < -0.4 is 10.0 Å². The van der Waals surface area contributed by atoms with Crippen LogP contribution in [0, 0.1) is 18.3 Å². The van der Waals surface area contributed by atoms with Crippen LogP contribution in [0.4, 0.5) is 16.3 Å². The van der Waals surface area contributed by atoms with Crippen LogP contribution in [0.2, 0.25) is 0 Å². The van der Waals surface area contributed by atoms with E-state index in [4.69, 9.17) is 10.00 Å². The maximum Gasteiger partial charge on any atom is 0.412 e. The number of pyridine rings is 1. The minimum absolute atomic E-state index is 0.137. The van der Waals surface area contributed by atoms with Gasteiger partial charge in [0.2, 0.25) is 10.0 Å². The highest BCUT2D eigenvalue weighted by atomic mass is 32.2. The quantitative estimate of drug-likeness (QED) is 0.757. The molecule has 12 heteroatoms. The van der Waals surface area contributed by atoms with Gasteiger partial charge in [0.15, 0.2) is 11.5 Å². The first-order chi connectivity index (χ1) is 12.2. The molecule has 2 N–H and O–H groups in total. The number of sulfonamides is 1. The molecular weight excluding hydrogens is 362 g/mol. The number of ether oxygens (including phenoxy) is 1. The van der Waals surface area contributed by atoms with Crippen LogP contribution in [0.25, 0.3) is 11.4 Å². The van der Waals surface area contributed by atoms with Gasteiger partial charge >= 0.3 is 6.09 Å². The van der Waals surface area contributed by atoms with Crippen molar-refractivity contribution in [1.82, 2.24) is 20.0 Å². The van der Waals surface area contributed by atoms with E-state index in [-0.39, 0.29) is 24.7 Å². The van der Waals surface area contributed by atoms with Gasteiger partial charge < -0.3 is 4.74 Å². The van der Waals surface area contributed by atoms with Crippen LogP contribution in [0.3, 0.4) is 0 Å². The van der Waals surface area contributed by atoms with E-state index in [1.54, 1.807) is 13.8 Å². The molecule has 2 aromatic rings. The fraction of sp³-hybridized carbons (Fsp3) is 0.357. The Morgan fingerprint density at radius 3 is 2.73 bits per heavy atom. The first-order valence-corrected chi connectivity index (χ1v) is 9.34. The summed E-state index contributed by atoms with van der Waals surface area (Å²) in [6, 6.07) is 4.96. The van der Waals surface area contributed by atoms with Crippen molar-refractivity contribution in [3.8, 4) is 17.5 Å². The smallest absolute Gasteiger partial charge is 0.412 e. The number of hydrogen-bond acceptors (Lipinski definition) is 8. The first kappa shape index (κ1) is 19.1. The highest BCUT2D eigenvalue weighted by Crippen LogP contribution is 2.26. The number of amides is 1. The predicted octanol–water partition coefficient (Wildman–Crippen LogP) is 1.11. The van der Waals surface area contributed by atoms with Gasteiger partial charge in [-0.1, -0.05) is 5.21 Å². The lowest BCUT2D eigenvalue weighted by molar-refractivity contribution is 0.167. The Morgan fingerprint density at radius 1 is 1.42 bits per heavy atom. The number of rotatable bonds is 6. The maximum atomic E-state index is 11.7. The van der Waals surface area contributed by atoms with E-state index in [1.165, 1.54) is 16.8 Å². The van der Waals surface area contributed by atoms with E-state index < -0.39 is 16.1 Å². The normalized spacial score (nSPS) is 10.8. The van der Waals surface area contributed by atoms with Crippen molar-refractivity contribution in [2.45, 2.75) is 20.4 Å². The van der Waals surface area contributed by atoms with E-state index in [0.717, 1.165) is 6.26 Å². The van der Waals surface area contributed by atoms with Gasteiger partial charge in [0.25, 0.3) is 0 Å². The Hall–Kier alpha value is -3.20. The number of nitrogens with zero attached hydrogens (tertiary/aromatic N) is 5. The molecule has 0 saturated carbocycles. The molecule has 1 amide bonds. The third-order valence-corrected chi connectivity index (χ3v) is 3.67. The molecule has 2 heterocycles. The summed E-state index contributed by atoms with van der Waals surface area (Å²) >= 11 is 0. The van der Waals surface area contributed by atoms with Crippen LogP contribution in [-0.2, 0) is 21.3 Å². The van der Waals surface area contributed by atoms with Crippen LogP contribution in [0.15, 0.2) is 12.1 Å². The topological polar surface area (TPSA) is 152 Å². The number of carbonyl (C=O) groups is 1. The molecule has 0 aliphatic carbocycles. The van der Waals surface area contributed by atoms with E-state index >= 15 is 0 Å². The minimum atomic E-state index is -3.44. The molecule has 0 aliphatic heterocycles. The van der Waals surface area contributed by atoms with E-state index in [9.17, 15) is 13.2 Å². The summed E-state index contributed by atoms with van der Waals surface area (Å²) < 4.78 is 31.1. The van der Waals surface area contributed by atoms with Crippen molar-refractivity contribution in [2.24, 2.45) is 0 Å². The van der Waals surface area contributed by atoms with Crippen molar-refractivity contribution in [3.63, 3.8) is 0 Å². The highest BCUT2D eigenvalue weighted by molar-refractivity contribution is 7.92. The largest absolute Gasteiger partial charge is 0.450 e. The van der Waals surface area contributed by atoms with Gasteiger partial charge in [0, 0.05) is 0 Å². The summed E-state index contributed by atoms with van der Waals surface area (Å²) in [6.45, 7) is 3.31. The first-order valence-electron chi connectivity index (χ1n) is 7.45. The molecule has 0 unspecified atom stereocenters. The lowest BCUT2D eigenvalue weighted by atomic mass is 10.2. The molecule has 0 atom stereocenters. The molecule has 0 spiro atoms. The predicted molar refractivity (Wildman–Crippen MR) is 92.7 cm³/mol. The number of nitrogens with one attached hydrogen (secondary N) is 2. The lowest BCUT2D eigenvalue weighted by Gasteiger charge is -2.10. The molecule has 0 bridgehead atoms. The average Bonchev–Trinajstić information content (AvgIpc) is 2.91. The lowest BCUT2D eigenvalue weighted by Crippen LogP contribution is -2.17. The van der Waals surface area contributed by atoms with Crippen molar-refractivity contribution in [3.05, 3.63) is 17.8 Å². The van der Waals surface area contributed by atoms with Crippen molar-refractivity contribution in [2.75, 3.05) is 22.9 Å². The Labute approximate surface area is 150 Å². The zero-order valence-electron chi connectivity index (χ0n) is 14.3. The molecule has 0 aromatic carbocycles. The third kappa shape index (κ3) is 4.67. The fourth-order valence-electron chi connectivity index (χ4n) is 2.05. The molecule has 0 saturated heterocycles. The van der Waals surface area contributed by atoms with Gasteiger partial charge in [-0.3, -0.25) is 10.0 Å². The van der Waals surface area contributed by atoms with Gasteiger partial charge in [-0.15, -0.1) is 5.10 Å². The molecule has 26 heavy (non-hydrogen) atoms. The van der Waals surface area contributed by atoms with E-state index in [0.29, 0.717) is 17.1 Å². The summed E-state index contributed by atoms with van der Waals surface area (Å²) in [4.78, 5) is 16.0. The summed E-state index contributed by atoms with van der Waals surface area (Å²) in [5, 5.41) is 19.2. The third-order valence-electron chi connectivity index (χ3n) is 3.08. The average molecular weight is 379 g/mol. The monoisotopic (exact) mass is 379 g/mol. The number of carbonyl (C=O) groups excluding carboxylic acids is 1. The fourth-order valence-corrected chi connectivity index (χ4v) is 2.67. The summed E-state index contributed by atoms with van der Waals surface area (Å²) in [6.07, 6.45) is 0.317. The second-order valence-electron chi connectivity index (χ2n) is 5.15. The zero-order chi connectivity index (χ0) is 19.3. The number of hydrogen-bond donors (Lipinski definition) is 2. The molecule has 0 fully saturated rings. The van der Waals surface area contributed by atoms with Gasteiger partial charge in [-0.05, 0) is 26.0 Å². The number of aryl methyl sites for hydroxylation is 1. The van der Waals surface area contributed by atoms with Crippen LogP contribution in [0.1, 0.15) is 12.6 Å². The van der Waals surface area contributed by atoms with Crippen LogP contribution in [0.5, 0.6) is 0 Å². The molecule has 2 rings (SSSR count). The van der Waals surface area contributed by atoms with Gasteiger partial charge in [-0.2, -0.15) is 5.26 Å². The van der Waals surface area contributed by atoms with Gasteiger partial charge in [0.1, 0.15) is 6.54 Å². The summed E-state index contributed by atoms with van der Waals surface area (Å²) in [5.74, 6) is 0.153. The summed E-state index contributed by atoms with van der Waals surface area (Å²) in [7, 11) is -3.44. The minimum Gasteiger partial charge on any atom is -0.450 e. The van der Waals surface area contributed by atoms with Crippen molar-refractivity contribution < 1.29 is 17.9 Å². The van der Waals surface area contributed by atoms with Crippen LogP contribution >= 0.6 is 0 Å². The summed E-state index contributed by atoms with van der Waals surface area (Å²) in [5.41, 5.74) is 1.30. The molecule has 0 aliphatic rings. The SMILES string of the molecule is CCOC(=O)Nc1c(-c2ccc(NS(C)(=O)=O)c(C)n2)nnn1CC#N. The highest BCUT2D eigenvalue weighted by Gasteiger charge is 2.19. The Morgan fingerprint density at radius 2 is 2.15 bits per heavy atom. The Kier molecular flexibility index (Phi) is 5.73. The van der Waals surface area contributed by atoms with Gasteiger partial charge in [-0.25, -0.2) is 22.9 Å². The standard InChI is InChI=1S/C14H17N7O4S/c1-4-25-14(22)17-13-12(18-20-21(13)8-7-15)11-6-5-10(9(2)16-11)19-26(3,23)24/h5-6,19H,4,8H2,1-3H3,(H,17,22). The van der Waals surface area contributed by atoms with Crippen molar-refractivity contribution >= 4 is 27.6 Å². The number of nitriles is 1. The molecule has 11 nitrogen and oxygen atoms in total. The van der Waals surface area contributed by atoms with E-state index in [1.807, 2.05) is 6.07 Å². The molecule has 2 aromatic heterocycles. The van der Waals surface area contributed by atoms with Crippen molar-refractivity contribution in [1.29, 1.82) is 5.26 Å². The van der Waals surface area contributed by atoms with Crippen LogP contribution in [-0.4, -0.2) is 47.4 Å². The maximum absolute atomic E-state index is 11.7. The molecule has 138 valence electrons. The van der Waals surface area contributed by atoms with Gasteiger partial charge in [0.05, 0.1) is 36.0 Å². The second-order valence-corrected chi connectivity index (χ2v) is 6.90. The second kappa shape index (κ2) is 7.79. The zero-order valence-corrected chi connectivity index (χ0v) is 15.2. The Bertz CT molecular complexity index is 962. The number of aromatic nitrogens is 4. The number of anilines is 2.